The fourth-order valence-corrected chi connectivity index (χ4v) is 3.43. The molecule has 0 amide bonds. The minimum Gasteiger partial charge on any atom is -0.371 e. The Morgan fingerprint density at radius 3 is 2.95 bits per heavy atom. The molecule has 0 saturated carbocycles. The number of para-hydroxylation sites is 1. The molecule has 2 aliphatic heterocycles. The lowest BCUT2D eigenvalue weighted by Gasteiger charge is -2.23. The third kappa shape index (κ3) is 3.53. The first kappa shape index (κ1) is 13.9. The molecule has 2 heterocycles. The Hall–Kier alpha value is -1.06. The van der Waals surface area contributed by atoms with Crippen molar-refractivity contribution in [2.45, 2.75) is 25.7 Å². The van der Waals surface area contributed by atoms with Crippen molar-refractivity contribution in [3.63, 3.8) is 0 Å². The summed E-state index contributed by atoms with van der Waals surface area (Å²) in [5, 5.41) is 7.08. The molecule has 3 nitrogen and oxygen atoms in total. The van der Waals surface area contributed by atoms with Crippen molar-refractivity contribution in [2.24, 2.45) is 5.92 Å². The van der Waals surface area contributed by atoms with Crippen LogP contribution in [0.3, 0.4) is 0 Å². The summed E-state index contributed by atoms with van der Waals surface area (Å²) in [6.45, 7) is 7.17. The van der Waals surface area contributed by atoms with Crippen LogP contribution in [0.4, 0.5) is 5.69 Å². The number of nitrogens with one attached hydrogen (secondary N) is 2. The molecule has 1 aromatic rings. The first-order chi connectivity index (χ1) is 9.93. The van der Waals surface area contributed by atoms with Gasteiger partial charge in [-0.25, -0.2) is 0 Å². The second-order valence-electron chi connectivity index (χ2n) is 6.12. The Kier molecular flexibility index (Phi) is 4.93. The van der Waals surface area contributed by atoms with Gasteiger partial charge < -0.3 is 15.5 Å². The molecule has 1 saturated heterocycles. The van der Waals surface area contributed by atoms with E-state index in [4.69, 9.17) is 0 Å². The average molecular weight is 273 g/mol. The van der Waals surface area contributed by atoms with Crippen molar-refractivity contribution >= 4 is 5.69 Å². The number of hydrogen-bond donors (Lipinski definition) is 2. The van der Waals surface area contributed by atoms with E-state index in [0.29, 0.717) is 0 Å². The van der Waals surface area contributed by atoms with E-state index in [1.165, 1.54) is 69.7 Å². The minimum atomic E-state index is 0.892. The highest BCUT2D eigenvalue weighted by Crippen LogP contribution is 2.27. The van der Waals surface area contributed by atoms with Crippen LogP contribution in [0.5, 0.6) is 0 Å². The zero-order valence-corrected chi connectivity index (χ0v) is 12.4. The van der Waals surface area contributed by atoms with E-state index in [-0.39, 0.29) is 0 Å². The fraction of sp³-hybridized carbons (Fsp3) is 0.647. The minimum absolute atomic E-state index is 0.892. The van der Waals surface area contributed by atoms with Gasteiger partial charge >= 0.3 is 0 Å². The Morgan fingerprint density at radius 2 is 2.05 bits per heavy atom. The summed E-state index contributed by atoms with van der Waals surface area (Å²) in [5.41, 5.74) is 2.99. The maximum atomic E-state index is 3.65. The molecule has 0 spiro atoms. The van der Waals surface area contributed by atoms with Crippen LogP contribution in [0.2, 0.25) is 0 Å². The van der Waals surface area contributed by atoms with Crippen LogP contribution in [0.15, 0.2) is 24.3 Å². The van der Waals surface area contributed by atoms with Gasteiger partial charge in [0, 0.05) is 18.8 Å². The summed E-state index contributed by atoms with van der Waals surface area (Å²) in [7, 11) is 0. The number of anilines is 1. The average Bonchev–Trinajstić information content (AvgIpc) is 2.91. The molecular weight excluding hydrogens is 246 g/mol. The lowest BCUT2D eigenvalue weighted by atomic mass is 9.98. The highest BCUT2D eigenvalue weighted by atomic mass is 15.1. The van der Waals surface area contributed by atoms with E-state index in [0.717, 1.165) is 12.5 Å². The lowest BCUT2D eigenvalue weighted by molar-refractivity contribution is 0.356. The Bertz CT molecular complexity index is 412. The molecule has 2 aliphatic rings. The molecule has 3 rings (SSSR count). The Balaban J connectivity index is 1.32. The van der Waals surface area contributed by atoms with Gasteiger partial charge in [-0.1, -0.05) is 18.2 Å². The van der Waals surface area contributed by atoms with Crippen LogP contribution in [-0.4, -0.2) is 39.3 Å². The van der Waals surface area contributed by atoms with Crippen molar-refractivity contribution in [3.05, 3.63) is 29.8 Å². The number of nitrogens with zero attached hydrogens (tertiary/aromatic N) is 1. The molecule has 0 radical (unpaired) electrons. The van der Waals surface area contributed by atoms with Gasteiger partial charge in [-0.3, -0.25) is 0 Å². The number of fused-ring (bicyclic) bond motifs is 1. The van der Waals surface area contributed by atoms with Gasteiger partial charge in [-0.2, -0.15) is 0 Å². The second kappa shape index (κ2) is 7.09. The van der Waals surface area contributed by atoms with E-state index in [1.807, 2.05) is 0 Å². The van der Waals surface area contributed by atoms with E-state index in [9.17, 15) is 0 Å². The molecule has 1 aromatic carbocycles. The molecule has 0 bridgehead atoms. The van der Waals surface area contributed by atoms with Crippen LogP contribution in [0, 0.1) is 5.92 Å². The van der Waals surface area contributed by atoms with Gasteiger partial charge in [-0.05, 0) is 69.4 Å². The van der Waals surface area contributed by atoms with Crippen LogP contribution in [0.1, 0.15) is 24.8 Å². The standard InChI is InChI=1S/C17H27N3/c1-2-5-17-16(4-1)8-13-20(17)12-3-9-19-14-15-6-10-18-11-7-15/h1-2,4-5,15,18-19H,3,6-14H2. The van der Waals surface area contributed by atoms with E-state index >= 15 is 0 Å². The largest absolute Gasteiger partial charge is 0.371 e. The Labute approximate surface area is 122 Å². The third-order valence-corrected chi connectivity index (χ3v) is 4.66. The van der Waals surface area contributed by atoms with Gasteiger partial charge in [-0.15, -0.1) is 0 Å². The van der Waals surface area contributed by atoms with Crippen LogP contribution < -0.4 is 15.5 Å². The predicted molar refractivity (Wildman–Crippen MR) is 85.4 cm³/mol. The lowest BCUT2D eigenvalue weighted by Crippen LogP contribution is -2.34. The quantitative estimate of drug-likeness (QED) is 0.777. The third-order valence-electron chi connectivity index (χ3n) is 4.66. The monoisotopic (exact) mass is 273 g/mol. The summed E-state index contributed by atoms with van der Waals surface area (Å²) in [6, 6.07) is 8.85. The molecule has 0 unspecified atom stereocenters. The summed E-state index contributed by atoms with van der Waals surface area (Å²) >= 11 is 0. The summed E-state index contributed by atoms with van der Waals surface area (Å²) < 4.78 is 0. The Morgan fingerprint density at radius 1 is 1.20 bits per heavy atom. The molecule has 110 valence electrons. The number of piperidine rings is 1. The molecule has 3 heteroatoms. The number of hydrogen-bond acceptors (Lipinski definition) is 3. The number of benzene rings is 1. The highest BCUT2D eigenvalue weighted by Gasteiger charge is 2.17. The van der Waals surface area contributed by atoms with Crippen molar-refractivity contribution in [3.8, 4) is 0 Å². The summed E-state index contributed by atoms with van der Waals surface area (Å²) in [4.78, 5) is 2.54. The van der Waals surface area contributed by atoms with Crippen LogP contribution >= 0.6 is 0 Å². The van der Waals surface area contributed by atoms with Gasteiger partial charge in [0.15, 0.2) is 0 Å². The van der Waals surface area contributed by atoms with Crippen molar-refractivity contribution < 1.29 is 0 Å². The number of rotatable bonds is 6. The molecule has 1 fully saturated rings. The molecule has 0 atom stereocenters. The molecule has 0 aliphatic carbocycles. The SMILES string of the molecule is c1ccc2c(c1)CCN2CCCNCC1CCNCC1. The zero-order chi connectivity index (χ0) is 13.6. The van der Waals surface area contributed by atoms with E-state index in [1.54, 1.807) is 0 Å². The predicted octanol–water partition coefficient (Wildman–Crippen LogP) is 2.03. The zero-order valence-electron chi connectivity index (χ0n) is 12.4. The highest BCUT2D eigenvalue weighted by molar-refractivity contribution is 5.57. The van der Waals surface area contributed by atoms with Gasteiger partial charge in [0.25, 0.3) is 0 Å². The maximum Gasteiger partial charge on any atom is 0.0399 e. The topological polar surface area (TPSA) is 27.3 Å². The van der Waals surface area contributed by atoms with Gasteiger partial charge in [0.05, 0.1) is 0 Å². The smallest absolute Gasteiger partial charge is 0.0399 e. The summed E-state index contributed by atoms with van der Waals surface area (Å²) in [6.07, 6.45) is 5.15. The van der Waals surface area contributed by atoms with Crippen molar-refractivity contribution in [1.82, 2.24) is 10.6 Å². The molecule has 0 aromatic heterocycles. The first-order valence-corrected chi connectivity index (χ1v) is 8.18. The van der Waals surface area contributed by atoms with E-state index < -0.39 is 0 Å². The molecule has 20 heavy (non-hydrogen) atoms. The normalized spacial score (nSPS) is 19.3. The van der Waals surface area contributed by atoms with Crippen LogP contribution in [0.25, 0.3) is 0 Å². The van der Waals surface area contributed by atoms with Crippen molar-refractivity contribution in [1.29, 1.82) is 0 Å². The van der Waals surface area contributed by atoms with E-state index in [2.05, 4.69) is 39.8 Å². The maximum absolute atomic E-state index is 3.65. The first-order valence-electron chi connectivity index (χ1n) is 8.18. The molecular formula is C17H27N3. The second-order valence-corrected chi connectivity index (χ2v) is 6.12. The molecule has 2 N–H and O–H groups in total. The van der Waals surface area contributed by atoms with Crippen LogP contribution in [-0.2, 0) is 6.42 Å². The van der Waals surface area contributed by atoms with Gasteiger partial charge in [0.1, 0.15) is 0 Å². The summed E-state index contributed by atoms with van der Waals surface area (Å²) in [5.74, 6) is 0.892. The fourth-order valence-electron chi connectivity index (χ4n) is 3.43. The van der Waals surface area contributed by atoms with Gasteiger partial charge in [0.2, 0.25) is 0 Å². The van der Waals surface area contributed by atoms with Crippen molar-refractivity contribution in [2.75, 3.05) is 44.2 Å².